The number of rotatable bonds is 6. The van der Waals surface area contributed by atoms with E-state index in [0.29, 0.717) is 0 Å². The van der Waals surface area contributed by atoms with Crippen molar-refractivity contribution >= 4 is 28.8 Å². The summed E-state index contributed by atoms with van der Waals surface area (Å²) in [5.74, 6) is 1.69. The summed E-state index contributed by atoms with van der Waals surface area (Å²) in [5, 5.41) is 3.37. The van der Waals surface area contributed by atoms with E-state index in [9.17, 15) is 0 Å². The number of anilines is 1. The lowest BCUT2D eigenvalue weighted by atomic mass is 10.3. The Morgan fingerprint density at radius 2 is 2.26 bits per heavy atom. The quantitative estimate of drug-likeness (QED) is 0.646. The second-order valence-corrected chi connectivity index (χ2v) is 6.14. The van der Waals surface area contributed by atoms with Gasteiger partial charge in [0.1, 0.15) is 5.75 Å². The molecule has 3 nitrogen and oxygen atoms in total. The Hall–Kier alpha value is -1.20. The Balaban J connectivity index is 2.01. The van der Waals surface area contributed by atoms with Crippen LogP contribution >= 0.6 is 23.1 Å². The van der Waals surface area contributed by atoms with Gasteiger partial charge in [-0.05, 0) is 25.0 Å². The summed E-state index contributed by atoms with van der Waals surface area (Å²) in [6, 6.07) is 5.75. The Kier molecular flexibility index (Phi) is 5.10. The van der Waals surface area contributed by atoms with Gasteiger partial charge in [-0.3, -0.25) is 0 Å². The molecule has 1 aromatic carbocycles. The number of hydrogen-bond donors (Lipinski definition) is 1. The maximum Gasteiger partial charge on any atom is 0.134 e. The van der Waals surface area contributed by atoms with Crippen LogP contribution in [-0.4, -0.2) is 12.1 Å². The van der Waals surface area contributed by atoms with Crippen LogP contribution in [0.2, 0.25) is 0 Å². The summed E-state index contributed by atoms with van der Waals surface area (Å²) < 4.78 is 5.34. The molecule has 2 aromatic rings. The van der Waals surface area contributed by atoms with E-state index in [1.54, 1.807) is 30.2 Å². The third-order valence-corrected chi connectivity index (χ3v) is 4.67. The van der Waals surface area contributed by atoms with Crippen molar-refractivity contribution in [2.45, 2.75) is 30.4 Å². The van der Waals surface area contributed by atoms with Crippen LogP contribution in [0.5, 0.6) is 5.75 Å². The second-order valence-electron chi connectivity index (χ2n) is 4.18. The zero-order valence-corrected chi connectivity index (χ0v) is 12.8. The van der Waals surface area contributed by atoms with Gasteiger partial charge in [-0.2, -0.15) is 0 Å². The molecule has 1 aromatic heterocycles. The number of ether oxygens (including phenoxy) is 1. The number of nitrogens with two attached hydrogens (primary N) is 1. The molecule has 5 heteroatoms. The lowest BCUT2D eigenvalue weighted by molar-refractivity contribution is 0.405. The number of methoxy groups -OCH3 is 1. The van der Waals surface area contributed by atoms with Gasteiger partial charge in [-0.25, -0.2) is 4.98 Å². The maximum absolute atomic E-state index is 5.75. The molecule has 0 spiro atoms. The minimum atomic E-state index is 0.722. The zero-order valence-electron chi connectivity index (χ0n) is 11.2. The van der Waals surface area contributed by atoms with Crippen LogP contribution in [0.25, 0.3) is 0 Å². The fourth-order valence-corrected chi connectivity index (χ4v) is 3.60. The molecule has 0 bridgehead atoms. The van der Waals surface area contributed by atoms with Gasteiger partial charge >= 0.3 is 0 Å². The standard InChI is InChI=1S/C14H18N2OS2/c1-3-4-14-16-11(9-19-14)8-18-13-6-5-10(15)7-12(13)17-2/h5-7,9H,3-4,8,15H2,1-2H3. The SMILES string of the molecule is CCCc1nc(CSc2ccc(N)cc2OC)cs1. The molecule has 0 aliphatic heterocycles. The van der Waals surface area contributed by atoms with Crippen molar-refractivity contribution in [1.82, 2.24) is 4.98 Å². The number of nitrogen functional groups attached to an aromatic ring is 1. The molecule has 0 saturated carbocycles. The van der Waals surface area contributed by atoms with Gasteiger partial charge < -0.3 is 10.5 Å². The van der Waals surface area contributed by atoms with Gasteiger partial charge in [0, 0.05) is 27.8 Å². The first kappa shape index (κ1) is 14.2. The first-order chi connectivity index (χ1) is 9.22. The molecule has 102 valence electrons. The van der Waals surface area contributed by atoms with E-state index in [-0.39, 0.29) is 0 Å². The summed E-state index contributed by atoms with van der Waals surface area (Å²) >= 11 is 3.47. The lowest BCUT2D eigenvalue weighted by Crippen LogP contribution is -1.91. The van der Waals surface area contributed by atoms with E-state index in [1.807, 2.05) is 18.2 Å². The van der Waals surface area contributed by atoms with Crippen molar-refractivity contribution in [2.75, 3.05) is 12.8 Å². The Labute approximate surface area is 122 Å². The molecular weight excluding hydrogens is 276 g/mol. The predicted molar refractivity (Wildman–Crippen MR) is 83.1 cm³/mol. The van der Waals surface area contributed by atoms with E-state index in [0.717, 1.165) is 40.6 Å². The highest BCUT2D eigenvalue weighted by molar-refractivity contribution is 7.98. The van der Waals surface area contributed by atoms with Gasteiger partial charge in [0.2, 0.25) is 0 Å². The lowest BCUT2D eigenvalue weighted by Gasteiger charge is -2.07. The van der Waals surface area contributed by atoms with E-state index in [2.05, 4.69) is 17.3 Å². The first-order valence-electron chi connectivity index (χ1n) is 6.22. The van der Waals surface area contributed by atoms with Crippen molar-refractivity contribution in [3.8, 4) is 5.75 Å². The summed E-state index contributed by atoms with van der Waals surface area (Å²) in [4.78, 5) is 5.72. The second kappa shape index (κ2) is 6.82. The summed E-state index contributed by atoms with van der Waals surface area (Å²) in [6.45, 7) is 2.18. The summed E-state index contributed by atoms with van der Waals surface area (Å²) in [5.41, 5.74) is 7.61. The Bertz CT molecular complexity index is 540. The highest BCUT2D eigenvalue weighted by Gasteiger charge is 2.07. The molecule has 19 heavy (non-hydrogen) atoms. The van der Waals surface area contributed by atoms with Gasteiger partial charge in [-0.1, -0.05) is 6.92 Å². The number of aryl methyl sites for hydroxylation is 1. The summed E-state index contributed by atoms with van der Waals surface area (Å²) in [7, 11) is 1.67. The first-order valence-corrected chi connectivity index (χ1v) is 8.09. The highest BCUT2D eigenvalue weighted by Crippen LogP contribution is 2.33. The smallest absolute Gasteiger partial charge is 0.134 e. The van der Waals surface area contributed by atoms with Crippen molar-refractivity contribution in [3.63, 3.8) is 0 Å². The van der Waals surface area contributed by atoms with E-state index in [4.69, 9.17) is 10.5 Å². The molecule has 0 amide bonds. The number of hydrogen-bond acceptors (Lipinski definition) is 5. The number of thioether (sulfide) groups is 1. The fraction of sp³-hybridized carbons (Fsp3) is 0.357. The minimum absolute atomic E-state index is 0.722. The van der Waals surface area contributed by atoms with Crippen LogP contribution in [0, 0.1) is 0 Å². The molecule has 0 unspecified atom stereocenters. The summed E-state index contributed by atoms with van der Waals surface area (Å²) in [6.07, 6.45) is 2.21. The zero-order chi connectivity index (χ0) is 13.7. The topological polar surface area (TPSA) is 48.1 Å². The van der Waals surface area contributed by atoms with E-state index < -0.39 is 0 Å². The highest BCUT2D eigenvalue weighted by atomic mass is 32.2. The monoisotopic (exact) mass is 294 g/mol. The number of benzene rings is 1. The van der Waals surface area contributed by atoms with Crippen LogP contribution in [0.3, 0.4) is 0 Å². The molecule has 1 heterocycles. The van der Waals surface area contributed by atoms with E-state index in [1.165, 1.54) is 5.01 Å². The van der Waals surface area contributed by atoms with E-state index >= 15 is 0 Å². The molecule has 2 N–H and O–H groups in total. The molecule has 0 aliphatic rings. The van der Waals surface area contributed by atoms with Crippen LogP contribution < -0.4 is 10.5 Å². The molecule has 2 rings (SSSR count). The third kappa shape index (κ3) is 3.88. The van der Waals surface area contributed by atoms with Gasteiger partial charge in [0.15, 0.2) is 0 Å². The number of thiazole rings is 1. The van der Waals surface area contributed by atoms with Gasteiger partial charge in [0.25, 0.3) is 0 Å². The number of nitrogens with zero attached hydrogens (tertiary/aromatic N) is 1. The predicted octanol–water partition coefficient (Wildman–Crippen LogP) is 3.98. The molecule has 0 fully saturated rings. The third-order valence-electron chi connectivity index (χ3n) is 2.63. The molecule has 0 atom stereocenters. The maximum atomic E-state index is 5.75. The van der Waals surface area contributed by atoms with Crippen molar-refractivity contribution in [1.29, 1.82) is 0 Å². The van der Waals surface area contributed by atoms with Gasteiger partial charge in [-0.15, -0.1) is 23.1 Å². The Morgan fingerprint density at radius 1 is 1.42 bits per heavy atom. The molecule has 0 aliphatic carbocycles. The largest absolute Gasteiger partial charge is 0.496 e. The average molecular weight is 294 g/mol. The van der Waals surface area contributed by atoms with Crippen LogP contribution in [-0.2, 0) is 12.2 Å². The fourth-order valence-electron chi connectivity index (χ4n) is 1.70. The molecular formula is C14H18N2OS2. The van der Waals surface area contributed by atoms with Crippen molar-refractivity contribution < 1.29 is 4.74 Å². The van der Waals surface area contributed by atoms with Crippen LogP contribution in [0.15, 0.2) is 28.5 Å². The van der Waals surface area contributed by atoms with Crippen molar-refractivity contribution in [3.05, 3.63) is 34.3 Å². The molecule has 0 saturated heterocycles. The number of aromatic nitrogens is 1. The van der Waals surface area contributed by atoms with Crippen LogP contribution in [0.1, 0.15) is 24.0 Å². The van der Waals surface area contributed by atoms with Crippen LogP contribution in [0.4, 0.5) is 5.69 Å². The van der Waals surface area contributed by atoms with Crippen molar-refractivity contribution in [2.24, 2.45) is 0 Å². The molecule has 0 radical (unpaired) electrons. The Morgan fingerprint density at radius 3 is 3.00 bits per heavy atom. The van der Waals surface area contributed by atoms with Gasteiger partial charge in [0.05, 0.1) is 17.8 Å². The normalized spacial score (nSPS) is 10.6. The average Bonchev–Trinajstić information content (AvgIpc) is 2.85. The minimum Gasteiger partial charge on any atom is -0.496 e.